The minimum Gasteiger partial charge on any atom is -0.315 e. The number of hydrogen-bond acceptors (Lipinski definition) is 3. The first-order valence-corrected chi connectivity index (χ1v) is 6.30. The number of nitrogens with one attached hydrogen (secondary N) is 1. The predicted octanol–water partition coefficient (Wildman–Crippen LogP) is 2.00. The lowest BCUT2D eigenvalue weighted by Crippen LogP contribution is -2.39. The summed E-state index contributed by atoms with van der Waals surface area (Å²) in [7, 11) is 2.21. The summed E-state index contributed by atoms with van der Waals surface area (Å²) in [5.74, 6) is 0. The lowest BCUT2D eigenvalue weighted by atomic mass is 9.91. The Morgan fingerprint density at radius 3 is 2.62 bits per heavy atom. The van der Waals surface area contributed by atoms with Gasteiger partial charge in [0.2, 0.25) is 0 Å². The molecular formula is C13H25N3. The van der Waals surface area contributed by atoms with Gasteiger partial charge in [-0.3, -0.25) is 4.90 Å². The van der Waals surface area contributed by atoms with Crippen LogP contribution in [0.3, 0.4) is 0 Å². The van der Waals surface area contributed by atoms with Crippen LogP contribution in [0.4, 0.5) is 0 Å². The molecule has 0 saturated heterocycles. The van der Waals surface area contributed by atoms with Gasteiger partial charge in [0.1, 0.15) is 0 Å². The maximum atomic E-state index is 8.89. The third-order valence-corrected chi connectivity index (χ3v) is 3.49. The van der Waals surface area contributed by atoms with Gasteiger partial charge in [-0.15, -0.1) is 0 Å². The molecule has 0 aromatic heterocycles. The van der Waals surface area contributed by atoms with E-state index in [-0.39, 0.29) is 5.41 Å². The summed E-state index contributed by atoms with van der Waals surface area (Å²) in [4.78, 5) is 2.46. The quantitative estimate of drug-likeness (QED) is 0.671. The van der Waals surface area contributed by atoms with Crippen molar-refractivity contribution in [2.45, 2.75) is 52.1 Å². The SMILES string of the molecule is CC(CNCCC(C)(C)C#N)N(C)C1CC1. The number of nitriles is 1. The molecule has 92 valence electrons. The predicted molar refractivity (Wildman–Crippen MR) is 67.1 cm³/mol. The summed E-state index contributed by atoms with van der Waals surface area (Å²) in [6, 6.07) is 3.75. The molecule has 1 atom stereocenters. The highest BCUT2D eigenvalue weighted by molar-refractivity contribution is 4.92. The first-order chi connectivity index (χ1) is 7.46. The van der Waals surface area contributed by atoms with Crippen molar-refractivity contribution in [3.63, 3.8) is 0 Å². The highest BCUT2D eigenvalue weighted by Gasteiger charge is 2.28. The monoisotopic (exact) mass is 223 g/mol. The van der Waals surface area contributed by atoms with E-state index in [4.69, 9.17) is 5.26 Å². The van der Waals surface area contributed by atoms with E-state index in [0.29, 0.717) is 6.04 Å². The summed E-state index contributed by atoms with van der Waals surface area (Å²) >= 11 is 0. The summed E-state index contributed by atoms with van der Waals surface area (Å²) in [6.45, 7) is 8.21. The first kappa shape index (κ1) is 13.5. The Morgan fingerprint density at radius 1 is 1.50 bits per heavy atom. The maximum absolute atomic E-state index is 8.89. The minimum atomic E-state index is -0.196. The highest BCUT2D eigenvalue weighted by atomic mass is 15.2. The van der Waals surface area contributed by atoms with Crippen LogP contribution < -0.4 is 5.32 Å². The molecule has 1 aliphatic carbocycles. The molecule has 1 fully saturated rings. The van der Waals surface area contributed by atoms with E-state index in [2.05, 4.69) is 30.3 Å². The fraction of sp³-hybridized carbons (Fsp3) is 0.923. The first-order valence-electron chi connectivity index (χ1n) is 6.30. The lowest BCUT2D eigenvalue weighted by Gasteiger charge is -2.25. The van der Waals surface area contributed by atoms with Gasteiger partial charge in [-0.05, 0) is 53.6 Å². The largest absolute Gasteiger partial charge is 0.315 e. The van der Waals surface area contributed by atoms with Crippen molar-refractivity contribution in [1.29, 1.82) is 5.26 Å². The lowest BCUT2D eigenvalue weighted by molar-refractivity contribution is 0.239. The average Bonchev–Trinajstić information content (AvgIpc) is 3.06. The van der Waals surface area contributed by atoms with Crippen molar-refractivity contribution < 1.29 is 0 Å². The Labute approximate surface area is 99.8 Å². The molecule has 0 aromatic rings. The Bertz CT molecular complexity index is 250. The topological polar surface area (TPSA) is 39.1 Å². The Hall–Kier alpha value is -0.590. The minimum absolute atomic E-state index is 0.196. The van der Waals surface area contributed by atoms with Crippen molar-refractivity contribution in [1.82, 2.24) is 10.2 Å². The molecule has 0 radical (unpaired) electrons. The van der Waals surface area contributed by atoms with Gasteiger partial charge in [0.25, 0.3) is 0 Å². The Kier molecular flexibility index (Phi) is 4.76. The fourth-order valence-electron chi connectivity index (χ4n) is 1.75. The molecule has 1 N–H and O–H groups in total. The van der Waals surface area contributed by atoms with Crippen LogP contribution in [-0.2, 0) is 0 Å². The highest BCUT2D eigenvalue weighted by Crippen LogP contribution is 2.26. The van der Waals surface area contributed by atoms with Crippen LogP contribution in [0.15, 0.2) is 0 Å². The summed E-state index contributed by atoms with van der Waals surface area (Å²) in [5.41, 5.74) is -0.196. The van der Waals surface area contributed by atoms with Gasteiger partial charge in [-0.2, -0.15) is 5.26 Å². The van der Waals surface area contributed by atoms with Gasteiger partial charge in [-0.1, -0.05) is 0 Å². The zero-order chi connectivity index (χ0) is 12.2. The molecule has 0 spiro atoms. The third kappa shape index (κ3) is 4.51. The molecule has 1 unspecified atom stereocenters. The second kappa shape index (κ2) is 5.65. The Balaban J connectivity index is 2.08. The van der Waals surface area contributed by atoms with E-state index < -0.39 is 0 Å². The van der Waals surface area contributed by atoms with Gasteiger partial charge in [0.05, 0.1) is 11.5 Å². The zero-order valence-corrected chi connectivity index (χ0v) is 11.1. The van der Waals surface area contributed by atoms with E-state index in [1.165, 1.54) is 12.8 Å². The molecular weight excluding hydrogens is 198 g/mol. The average molecular weight is 223 g/mol. The summed E-state index contributed by atoms with van der Waals surface area (Å²) in [5, 5.41) is 12.3. The van der Waals surface area contributed by atoms with E-state index in [9.17, 15) is 0 Å². The van der Waals surface area contributed by atoms with Crippen LogP contribution in [0.1, 0.15) is 40.0 Å². The number of likely N-dealkylation sites (N-methyl/N-ethyl adjacent to an activating group) is 1. The number of rotatable bonds is 7. The van der Waals surface area contributed by atoms with Crippen LogP contribution in [0.25, 0.3) is 0 Å². The van der Waals surface area contributed by atoms with Crippen molar-refractivity contribution in [2.75, 3.05) is 20.1 Å². The van der Waals surface area contributed by atoms with Crippen molar-refractivity contribution >= 4 is 0 Å². The van der Waals surface area contributed by atoms with Gasteiger partial charge >= 0.3 is 0 Å². The molecule has 0 aromatic carbocycles. The summed E-state index contributed by atoms with van der Waals surface area (Å²) in [6.07, 6.45) is 3.65. The third-order valence-electron chi connectivity index (χ3n) is 3.49. The van der Waals surface area contributed by atoms with Crippen LogP contribution >= 0.6 is 0 Å². The Morgan fingerprint density at radius 2 is 2.12 bits per heavy atom. The second-order valence-corrected chi connectivity index (χ2v) is 5.70. The van der Waals surface area contributed by atoms with Crippen LogP contribution in [-0.4, -0.2) is 37.1 Å². The van der Waals surface area contributed by atoms with Crippen molar-refractivity contribution in [2.24, 2.45) is 5.41 Å². The smallest absolute Gasteiger partial charge is 0.0684 e. The zero-order valence-electron chi connectivity index (χ0n) is 11.1. The second-order valence-electron chi connectivity index (χ2n) is 5.70. The van der Waals surface area contributed by atoms with E-state index in [1.54, 1.807) is 0 Å². The van der Waals surface area contributed by atoms with E-state index in [0.717, 1.165) is 25.6 Å². The molecule has 16 heavy (non-hydrogen) atoms. The molecule has 0 bridgehead atoms. The fourth-order valence-corrected chi connectivity index (χ4v) is 1.75. The van der Waals surface area contributed by atoms with E-state index in [1.807, 2.05) is 13.8 Å². The van der Waals surface area contributed by atoms with E-state index >= 15 is 0 Å². The molecule has 1 saturated carbocycles. The summed E-state index contributed by atoms with van der Waals surface area (Å²) < 4.78 is 0. The number of hydrogen-bond donors (Lipinski definition) is 1. The normalized spacial score (nSPS) is 18.5. The molecule has 0 amide bonds. The van der Waals surface area contributed by atoms with Crippen LogP contribution in [0, 0.1) is 16.7 Å². The van der Waals surface area contributed by atoms with Crippen LogP contribution in [0.5, 0.6) is 0 Å². The standard InChI is InChI=1S/C13H25N3/c1-11(16(4)12-5-6-12)9-15-8-7-13(2,3)10-14/h11-12,15H,5-9H2,1-4H3. The van der Waals surface area contributed by atoms with Gasteiger partial charge in [-0.25, -0.2) is 0 Å². The molecule has 1 rings (SSSR count). The molecule has 0 heterocycles. The van der Waals surface area contributed by atoms with Crippen molar-refractivity contribution in [3.8, 4) is 6.07 Å². The molecule has 3 nitrogen and oxygen atoms in total. The van der Waals surface area contributed by atoms with Crippen LogP contribution in [0.2, 0.25) is 0 Å². The maximum Gasteiger partial charge on any atom is 0.0684 e. The molecule has 0 aliphatic heterocycles. The van der Waals surface area contributed by atoms with Gasteiger partial charge in [0.15, 0.2) is 0 Å². The molecule has 1 aliphatic rings. The number of nitrogens with zero attached hydrogens (tertiary/aromatic N) is 2. The molecule has 3 heteroatoms. The van der Waals surface area contributed by atoms with Gasteiger partial charge in [0, 0.05) is 18.6 Å². The van der Waals surface area contributed by atoms with Crippen molar-refractivity contribution in [3.05, 3.63) is 0 Å². The van der Waals surface area contributed by atoms with Gasteiger partial charge < -0.3 is 5.32 Å².